The van der Waals surface area contributed by atoms with Crippen LogP contribution in [0.5, 0.6) is 0 Å². The molecule has 100 valence electrons. The van der Waals surface area contributed by atoms with Crippen LogP contribution in [0.15, 0.2) is 18.2 Å². The van der Waals surface area contributed by atoms with Crippen LogP contribution in [0.3, 0.4) is 0 Å². The number of hydrogen-bond donors (Lipinski definition) is 1. The first-order valence-corrected chi connectivity index (χ1v) is 6.69. The van der Waals surface area contributed by atoms with E-state index < -0.39 is 0 Å². The van der Waals surface area contributed by atoms with Gasteiger partial charge in [0.1, 0.15) is 0 Å². The number of nitrogens with two attached hydrogens (primary N) is 1. The van der Waals surface area contributed by atoms with Gasteiger partial charge < -0.3 is 10.6 Å². The molecule has 0 atom stereocenters. The van der Waals surface area contributed by atoms with Gasteiger partial charge in [0.25, 0.3) is 0 Å². The molecule has 2 heterocycles. The lowest BCUT2D eigenvalue weighted by molar-refractivity contribution is 0.846. The predicted molar refractivity (Wildman–Crippen MR) is 76.7 cm³/mol. The Bertz CT molecular complexity index is 576. The van der Waals surface area contributed by atoms with Gasteiger partial charge in [-0.2, -0.15) is 9.67 Å². The van der Waals surface area contributed by atoms with Crippen molar-refractivity contribution in [3.8, 4) is 5.69 Å². The van der Waals surface area contributed by atoms with Crippen molar-refractivity contribution >= 4 is 11.9 Å². The number of nitrogen functional groups attached to an aromatic ring is 1. The van der Waals surface area contributed by atoms with E-state index in [0.29, 0.717) is 5.95 Å². The molecule has 0 unspecified atom stereocenters. The highest BCUT2D eigenvalue weighted by atomic mass is 15.5. The highest BCUT2D eigenvalue weighted by Crippen LogP contribution is 2.21. The molecule has 1 aromatic carbocycles. The summed E-state index contributed by atoms with van der Waals surface area (Å²) in [6, 6.07) is 6.29. The van der Waals surface area contributed by atoms with Crippen LogP contribution in [0, 0.1) is 13.8 Å². The Hall–Kier alpha value is -2.04. The standard InChI is InChI=1S/C14H19N5/c1-10-7-11(2)9-12(8-10)19-13(15)16-14(17-19)18-5-3-4-6-18/h7-9H,3-6H2,1-2H3,(H2,15,16,17). The van der Waals surface area contributed by atoms with Gasteiger partial charge in [0.2, 0.25) is 11.9 Å². The summed E-state index contributed by atoms with van der Waals surface area (Å²) in [4.78, 5) is 6.57. The molecule has 5 nitrogen and oxygen atoms in total. The van der Waals surface area contributed by atoms with Gasteiger partial charge in [-0.15, -0.1) is 5.10 Å². The summed E-state index contributed by atoms with van der Waals surface area (Å²) in [7, 11) is 0. The van der Waals surface area contributed by atoms with Crippen molar-refractivity contribution in [2.24, 2.45) is 0 Å². The normalized spacial score (nSPS) is 15.2. The van der Waals surface area contributed by atoms with Gasteiger partial charge in [0, 0.05) is 13.1 Å². The van der Waals surface area contributed by atoms with E-state index in [4.69, 9.17) is 5.73 Å². The molecular formula is C14H19N5. The van der Waals surface area contributed by atoms with Crippen LogP contribution in [0.4, 0.5) is 11.9 Å². The molecule has 3 rings (SSSR count). The van der Waals surface area contributed by atoms with Crippen LogP contribution in [0.25, 0.3) is 5.69 Å². The second-order valence-electron chi connectivity index (χ2n) is 5.22. The van der Waals surface area contributed by atoms with E-state index >= 15 is 0 Å². The molecule has 1 saturated heterocycles. The van der Waals surface area contributed by atoms with Crippen LogP contribution < -0.4 is 10.6 Å². The average Bonchev–Trinajstić information content (AvgIpc) is 2.95. The Labute approximate surface area is 113 Å². The number of rotatable bonds is 2. The lowest BCUT2D eigenvalue weighted by atomic mass is 10.1. The summed E-state index contributed by atoms with van der Waals surface area (Å²) in [5.74, 6) is 1.20. The summed E-state index contributed by atoms with van der Waals surface area (Å²) in [5.41, 5.74) is 9.39. The zero-order chi connectivity index (χ0) is 13.4. The molecule has 0 spiro atoms. The second-order valence-corrected chi connectivity index (χ2v) is 5.22. The first-order valence-electron chi connectivity index (χ1n) is 6.69. The van der Waals surface area contributed by atoms with Crippen LogP contribution in [-0.2, 0) is 0 Å². The van der Waals surface area contributed by atoms with Gasteiger partial charge in [-0.1, -0.05) is 6.07 Å². The Morgan fingerprint density at radius 2 is 1.68 bits per heavy atom. The zero-order valence-electron chi connectivity index (χ0n) is 11.4. The minimum absolute atomic E-state index is 0.451. The monoisotopic (exact) mass is 257 g/mol. The lowest BCUT2D eigenvalue weighted by Gasteiger charge is -2.11. The summed E-state index contributed by atoms with van der Waals surface area (Å²) >= 11 is 0. The van der Waals surface area contributed by atoms with Crippen molar-refractivity contribution in [2.45, 2.75) is 26.7 Å². The van der Waals surface area contributed by atoms with Crippen LogP contribution in [0.1, 0.15) is 24.0 Å². The van der Waals surface area contributed by atoms with E-state index in [1.54, 1.807) is 4.68 Å². The first kappa shape index (κ1) is 12.0. The molecule has 0 radical (unpaired) electrons. The molecule has 0 aliphatic carbocycles. The molecule has 2 N–H and O–H groups in total. The number of aromatic nitrogens is 3. The van der Waals surface area contributed by atoms with Crippen molar-refractivity contribution in [2.75, 3.05) is 23.7 Å². The van der Waals surface area contributed by atoms with E-state index in [1.807, 2.05) is 0 Å². The molecule has 1 aliphatic rings. The van der Waals surface area contributed by atoms with Gasteiger partial charge in [-0.3, -0.25) is 0 Å². The molecule has 1 fully saturated rings. The van der Waals surface area contributed by atoms with Crippen molar-refractivity contribution < 1.29 is 0 Å². The number of nitrogens with zero attached hydrogens (tertiary/aromatic N) is 4. The zero-order valence-corrected chi connectivity index (χ0v) is 11.4. The third-order valence-electron chi connectivity index (χ3n) is 3.46. The van der Waals surface area contributed by atoms with Gasteiger partial charge in [-0.05, 0) is 49.9 Å². The Balaban J connectivity index is 2.00. The predicted octanol–water partition coefficient (Wildman–Crippen LogP) is 2.07. The lowest BCUT2D eigenvalue weighted by Crippen LogP contribution is -2.19. The molecule has 0 saturated carbocycles. The van der Waals surface area contributed by atoms with E-state index in [-0.39, 0.29) is 0 Å². The van der Waals surface area contributed by atoms with Crippen LogP contribution in [0.2, 0.25) is 0 Å². The van der Waals surface area contributed by atoms with Crippen LogP contribution in [-0.4, -0.2) is 27.9 Å². The van der Waals surface area contributed by atoms with Crippen molar-refractivity contribution in [3.05, 3.63) is 29.3 Å². The largest absolute Gasteiger partial charge is 0.368 e. The molecule has 19 heavy (non-hydrogen) atoms. The van der Waals surface area contributed by atoms with Crippen LogP contribution >= 0.6 is 0 Å². The second kappa shape index (κ2) is 4.57. The van der Waals surface area contributed by atoms with Gasteiger partial charge >= 0.3 is 0 Å². The van der Waals surface area contributed by atoms with Gasteiger partial charge in [-0.25, -0.2) is 0 Å². The fourth-order valence-electron chi connectivity index (χ4n) is 2.63. The Morgan fingerprint density at radius 3 is 2.32 bits per heavy atom. The number of benzene rings is 1. The maximum absolute atomic E-state index is 6.00. The topological polar surface area (TPSA) is 60.0 Å². The fraction of sp³-hybridized carbons (Fsp3) is 0.429. The van der Waals surface area contributed by atoms with Gasteiger partial charge in [0.15, 0.2) is 0 Å². The molecule has 2 aromatic rings. The van der Waals surface area contributed by atoms with E-state index in [0.717, 1.165) is 24.7 Å². The minimum atomic E-state index is 0.451. The quantitative estimate of drug-likeness (QED) is 0.894. The highest BCUT2D eigenvalue weighted by Gasteiger charge is 2.18. The number of hydrogen-bond acceptors (Lipinski definition) is 4. The summed E-state index contributed by atoms with van der Waals surface area (Å²) < 4.78 is 1.73. The van der Waals surface area contributed by atoms with E-state index in [1.165, 1.54) is 24.0 Å². The van der Waals surface area contributed by atoms with E-state index in [2.05, 4.69) is 47.0 Å². The van der Waals surface area contributed by atoms with E-state index in [9.17, 15) is 0 Å². The summed E-state index contributed by atoms with van der Waals surface area (Å²) in [5, 5.41) is 4.55. The third kappa shape index (κ3) is 2.28. The average molecular weight is 257 g/mol. The maximum atomic E-state index is 6.00. The number of anilines is 2. The molecule has 5 heteroatoms. The van der Waals surface area contributed by atoms with Crippen molar-refractivity contribution in [3.63, 3.8) is 0 Å². The van der Waals surface area contributed by atoms with Gasteiger partial charge in [0.05, 0.1) is 5.69 Å². The minimum Gasteiger partial charge on any atom is -0.368 e. The molecule has 0 bridgehead atoms. The first-order chi connectivity index (χ1) is 9.13. The molecule has 0 amide bonds. The molecule has 1 aliphatic heterocycles. The highest BCUT2D eigenvalue weighted by molar-refractivity contribution is 5.46. The maximum Gasteiger partial charge on any atom is 0.246 e. The Morgan fingerprint density at radius 1 is 1.05 bits per heavy atom. The van der Waals surface area contributed by atoms with Crippen molar-refractivity contribution in [1.29, 1.82) is 0 Å². The smallest absolute Gasteiger partial charge is 0.246 e. The Kier molecular flexibility index (Phi) is 2.89. The summed E-state index contributed by atoms with van der Waals surface area (Å²) in [6.07, 6.45) is 2.41. The van der Waals surface area contributed by atoms with Crippen molar-refractivity contribution in [1.82, 2.24) is 14.8 Å². The third-order valence-corrected chi connectivity index (χ3v) is 3.46. The fourth-order valence-corrected chi connectivity index (χ4v) is 2.63. The molecule has 1 aromatic heterocycles. The molecular weight excluding hydrogens is 238 g/mol. The number of aryl methyl sites for hydroxylation is 2. The summed E-state index contributed by atoms with van der Waals surface area (Å²) in [6.45, 7) is 6.20. The SMILES string of the molecule is Cc1cc(C)cc(-n2nc(N3CCCC3)nc2N)c1.